The van der Waals surface area contributed by atoms with E-state index in [2.05, 4.69) is 5.32 Å². The quantitative estimate of drug-likeness (QED) is 0.643. The highest BCUT2D eigenvalue weighted by atomic mass is 127. The predicted molar refractivity (Wildman–Crippen MR) is 91.1 cm³/mol. The van der Waals surface area contributed by atoms with Crippen molar-refractivity contribution >= 4 is 45.2 Å². The molecule has 0 fully saturated rings. The molecular weight excluding hydrogens is 404 g/mol. The van der Waals surface area contributed by atoms with E-state index in [9.17, 15) is 14.0 Å². The van der Waals surface area contributed by atoms with E-state index in [-0.39, 0.29) is 16.6 Å². The Kier molecular flexibility index (Phi) is 5.01. The molecule has 0 amide bonds. The lowest BCUT2D eigenvalue weighted by Crippen LogP contribution is -2.21. The molecule has 1 aromatic heterocycles. The SMILES string of the molecule is CCn1cc(C(=O)O)c(=O)c2cc(F)c(NCCN)c(I)c21. The average Bonchev–Trinajstić information content (AvgIpc) is 2.47. The maximum absolute atomic E-state index is 14.2. The summed E-state index contributed by atoms with van der Waals surface area (Å²) in [5.41, 5.74) is 5.14. The molecule has 2 aromatic rings. The van der Waals surface area contributed by atoms with Gasteiger partial charge >= 0.3 is 5.97 Å². The number of carboxylic acid groups (broad SMARTS) is 1. The molecule has 0 aliphatic heterocycles. The summed E-state index contributed by atoms with van der Waals surface area (Å²) >= 11 is 1.95. The minimum Gasteiger partial charge on any atom is -0.477 e. The fourth-order valence-electron chi connectivity index (χ4n) is 2.25. The number of hydrogen-bond acceptors (Lipinski definition) is 4. The minimum absolute atomic E-state index is 0.0574. The van der Waals surface area contributed by atoms with E-state index in [0.29, 0.717) is 28.7 Å². The van der Waals surface area contributed by atoms with E-state index in [1.807, 2.05) is 29.5 Å². The molecule has 4 N–H and O–H groups in total. The number of carboxylic acids is 1. The second-order valence-corrected chi connectivity index (χ2v) is 5.70. The first-order chi connectivity index (χ1) is 10.4. The van der Waals surface area contributed by atoms with Crippen LogP contribution < -0.4 is 16.5 Å². The fourth-order valence-corrected chi connectivity index (χ4v) is 3.30. The van der Waals surface area contributed by atoms with Gasteiger partial charge < -0.3 is 20.7 Å². The van der Waals surface area contributed by atoms with Crippen LogP contribution in [-0.2, 0) is 6.54 Å². The smallest absolute Gasteiger partial charge is 0.341 e. The Labute approximate surface area is 139 Å². The van der Waals surface area contributed by atoms with Gasteiger partial charge in [0.05, 0.1) is 20.2 Å². The third-order valence-electron chi connectivity index (χ3n) is 3.27. The van der Waals surface area contributed by atoms with Gasteiger partial charge in [-0.2, -0.15) is 0 Å². The normalized spacial score (nSPS) is 10.9. The highest BCUT2D eigenvalue weighted by Crippen LogP contribution is 2.29. The van der Waals surface area contributed by atoms with Gasteiger partial charge in [0, 0.05) is 25.8 Å². The number of hydrogen-bond donors (Lipinski definition) is 3. The molecule has 0 unspecified atom stereocenters. The maximum atomic E-state index is 14.2. The molecule has 1 aromatic carbocycles. The number of aromatic nitrogens is 1. The van der Waals surface area contributed by atoms with Crippen LogP contribution in [0.25, 0.3) is 10.9 Å². The average molecular weight is 419 g/mol. The van der Waals surface area contributed by atoms with Crippen LogP contribution in [0.3, 0.4) is 0 Å². The molecule has 0 radical (unpaired) electrons. The second-order valence-electron chi connectivity index (χ2n) is 4.62. The molecule has 6 nitrogen and oxygen atoms in total. The van der Waals surface area contributed by atoms with Gasteiger partial charge in [-0.15, -0.1) is 0 Å². The lowest BCUT2D eigenvalue weighted by Gasteiger charge is -2.16. The number of aryl methyl sites for hydroxylation is 1. The molecular formula is C14H15FIN3O3. The second kappa shape index (κ2) is 6.61. The molecule has 0 saturated heterocycles. The van der Waals surface area contributed by atoms with Crippen LogP contribution in [0.5, 0.6) is 0 Å². The van der Waals surface area contributed by atoms with Gasteiger partial charge in [0.25, 0.3) is 0 Å². The first-order valence-corrected chi connectivity index (χ1v) is 7.72. The Bertz CT molecular complexity index is 804. The van der Waals surface area contributed by atoms with Crippen molar-refractivity contribution in [1.29, 1.82) is 0 Å². The molecule has 0 aliphatic rings. The van der Waals surface area contributed by atoms with Crippen LogP contribution in [0.4, 0.5) is 10.1 Å². The minimum atomic E-state index is -1.32. The Hall–Kier alpha value is -1.68. The topological polar surface area (TPSA) is 97.3 Å². The fraction of sp³-hybridized carbons (Fsp3) is 0.286. The molecule has 0 bridgehead atoms. The number of fused-ring (bicyclic) bond motifs is 1. The zero-order valence-corrected chi connectivity index (χ0v) is 14.0. The number of nitrogens with one attached hydrogen (secondary N) is 1. The summed E-state index contributed by atoms with van der Waals surface area (Å²) in [5, 5.41) is 12.1. The van der Waals surface area contributed by atoms with E-state index < -0.39 is 17.2 Å². The summed E-state index contributed by atoms with van der Waals surface area (Å²) in [7, 11) is 0. The number of carbonyl (C=O) groups is 1. The van der Waals surface area contributed by atoms with Crippen LogP contribution in [0.15, 0.2) is 17.1 Å². The lowest BCUT2D eigenvalue weighted by atomic mass is 10.1. The highest BCUT2D eigenvalue weighted by molar-refractivity contribution is 14.1. The summed E-state index contributed by atoms with van der Waals surface area (Å²) in [6.07, 6.45) is 1.29. The first kappa shape index (κ1) is 16.7. The van der Waals surface area contributed by atoms with Crippen LogP contribution in [0, 0.1) is 9.39 Å². The number of anilines is 1. The predicted octanol–water partition coefficient (Wildman–Crippen LogP) is 1.83. The van der Waals surface area contributed by atoms with Crippen molar-refractivity contribution < 1.29 is 14.3 Å². The van der Waals surface area contributed by atoms with Gasteiger partial charge in [-0.25, -0.2) is 9.18 Å². The van der Waals surface area contributed by atoms with E-state index >= 15 is 0 Å². The molecule has 0 atom stereocenters. The van der Waals surface area contributed by atoms with Crippen molar-refractivity contribution in [3.63, 3.8) is 0 Å². The third kappa shape index (κ3) is 2.80. The maximum Gasteiger partial charge on any atom is 0.341 e. The summed E-state index contributed by atoms with van der Waals surface area (Å²) in [5.74, 6) is -1.93. The molecule has 0 saturated carbocycles. The summed E-state index contributed by atoms with van der Waals surface area (Å²) in [6.45, 7) is 3.01. The van der Waals surface area contributed by atoms with Gasteiger partial charge in [0.15, 0.2) is 0 Å². The van der Waals surface area contributed by atoms with Crippen LogP contribution in [-0.4, -0.2) is 28.7 Å². The number of rotatable bonds is 5. The van der Waals surface area contributed by atoms with Crippen molar-refractivity contribution in [3.05, 3.63) is 37.4 Å². The third-order valence-corrected chi connectivity index (χ3v) is 4.32. The Morgan fingerprint density at radius 2 is 2.23 bits per heavy atom. The largest absolute Gasteiger partial charge is 0.477 e. The molecule has 2 rings (SSSR count). The Balaban J connectivity index is 2.87. The van der Waals surface area contributed by atoms with E-state index in [4.69, 9.17) is 10.8 Å². The monoisotopic (exact) mass is 419 g/mol. The molecule has 0 aliphatic carbocycles. The summed E-state index contributed by atoms with van der Waals surface area (Å²) in [4.78, 5) is 23.4. The summed E-state index contributed by atoms with van der Waals surface area (Å²) in [6, 6.07) is 1.08. The number of nitrogens with two attached hydrogens (primary N) is 1. The van der Waals surface area contributed by atoms with E-state index in [1.165, 1.54) is 6.20 Å². The molecule has 22 heavy (non-hydrogen) atoms. The number of pyridine rings is 1. The first-order valence-electron chi connectivity index (χ1n) is 6.64. The summed E-state index contributed by atoms with van der Waals surface area (Å²) < 4.78 is 16.4. The van der Waals surface area contributed by atoms with Gasteiger partial charge in [0.1, 0.15) is 11.4 Å². The van der Waals surface area contributed by atoms with Crippen molar-refractivity contribution in [2.75, 3.05) is 18.4 Å². The van der Waals surface area contributed by atoms with Crippen molar-refractivity contribution in [2.45, 2.75) is 13.5 Å². The van der Waals surface area contributed by atoms with E-state index in [0.717, 1.165) is 6.07 Å². The number of benzene rings is 1. The number of halogens is 2. The highest BCUT2D eigenvalue weighted by Gasteiger charge is 2.20. The molecule has 118 valence electrons. The zero-order valence-electron chi connectivity index (χ0n) is 11.8. The Morgan fingerprint density at radius 3 is 2.77 bits per heavy atom. The Morgan fingerprint density at radius 1 is 1.55 bits per heavy atom. The number of nitrogens with zero attached hydrogens (tertiary/aromatic N) is 1. The van der Waals surface area contributed by atoms with Gasteiger partial charge in [-0.05, 0) is 35.6 Å². The standard InChI is InChI=1S/C14H15FIN3O3/c1-2-19-6-8(14(21)22)13(20)7-5-9(15)11(18-4-3-17)10(16)12(7)19/h5-6,18H,2-4,17H2,1H3,(H,21,22). The van der Waals surface area contributed by atoms with Crippen molar-refractivity contribution in [1.82, 2.24) is 4.57 Å². The lowest BCUT2D eigenvalue weighted by molar-refractivity contribution is 0.0695. The van der Waals surface area contributed by atoms with Crippen LogP contribution >= 0.6 is 22.6 Å². The molecule has 8 heteroatoms. The van der Waals surface area contributed by atoms with Crippen LogP contribution in [0.2, 0.25) is 0 Å². The van der Waals surface area contributed by atoms with Gasteiger partial charge in [-0.3, -0.25) is 4.79 Å². The van der Waals surface area contributed by atoms with Gasteiger partial charge in [0.2, 0.25) is 5.43 Å². The van der Waals surface area contributed by atoms with Crippen molar-refractivity contribution in [2.24, 2.45) is 5.73 Å². The van der Waals surface area contributed by atoms with Crippen LogP contribution in [0.1, 0.15) is 17.3 Å². The number of aromatic carboxylic acids is 1. The van der Waals surface area contributed by atoms with Crippen molar-refractivity contribution in [3.8, 4) is 0 Å². The van der Waals surface area contributed by atoms with Gasteiger partial charge in [-0.1, -0.05) is 0 Å². The van der Waals surface area contributed by atoms with E-state index in [1.54, 1.807) is 4.57 Å². The molecule has 1 heterocycles. The zero-order chi connectivity index (χ0) is 16.4. The molecule has 0 spiro atoms.